The minimum absolute atomic E-state index is 0.854. The van der Waals surface area contributed by atoms with Gasteiger partial charge in [0.2, 0.25) is 0 Å². The zero-order valence-corrected chi connectivity index (χ0v) is 47.5. The van der Waals surface area contributed by atoms with Crippen LogP contribution in [0.1, 0.15) is 11.1 Å². The Balaban J connectivity index is 0.813. The summed E-state index contributed by atoms with van der Waals surface area (Å²) in [7, 11) is 0. The summed E-state index contributed by atoms with van der Waals surface area (Å²) in [5.74, 6) is 0. The first-order valence-electron chi connectivity index (χ1n) is 30.0. The molecule has 406 valence electrons. The molecule has 2 heterocycles. The van der Waals surface area contributed by atoms with Crippen LogP contribution in [-0.2, 0) is 6.42 Å². The molecule has 0 atom stereocenters. The second-order valence-corrected chi connectivity index (χ2v) is 23.1. The van der Waals surface area contributed by atoms with Crippen LogP contribution in [0.25, 0.3) is 166 Å². The number of rotatable bonds is 10. The molecule has 0 aliphatic heterocycles. The highest BCUT2D eigenvalue weighted by Gasteiger charge is 2.25. The van der Waals surface area contributed by atoms with Crippen LogP contribution < -0.4 is 0 Å². The topological polar surface area (TPSA) is 26.3 Å². The number of furan rings is 2. The lowest BCUT2D eigenvalue weighted by molar-refractivity contribution is 0.669. The van der Waals surface area contributed by atoms with Crippen LogP contribution in [0, 0.1) is 0 Å². The van der Waals surface area contributed by atoms with Crippen LogP contribution in [-0.4, -0.2) is 0 Å². The molecular formula is C85H54O2. The Hall–Kier alpha value is -11.3. The number of benzene rings is 14. The van der Waals surface area contributed by atoms with E-state index in [9.17, 15) is 0 Å². The average Bonchev–Trinajstić information content (AvgIpc) is 1.95. The molecule has 2 heteroatoms. The molecule has 0 radical (unpaired) electrons. The Kier molecular flexibility index (Phi) is 12.0. The molecule has 2 nitrogen and oxygen atoms in total. The Morgan fingerprint density at radius 2 is 0.437 bits per heavy atom. The second-order valence-electron chi connectivity index (χ2n) is 23.1. The summed E-state index contributed by atoms with van der Waals surface area (Å²) in [4.78, 5) is 0. The van der Waals surface area contributed by atoms with E-state index >= 15 is 0 Å². The normalized spacial score (nSPS) is 11.9. The molecular weight excluding hydrogens is 1050 g/mol. The van der Waals surface area contributed by atoms with Crippen molar-refractivity contribution < 1.29 is 8.83 Å². The zero-order valence-electron chi connectivity index (χ0n) is 47.5. The van der Waals surface area contributed by atoms with E-state index in [2.05, 4.69) is 315 Å². The van der Waals surface area contributed by atoms with Gasteiger partial charge in [-0.25, -0.2) is 0 Å². The van der Waals surface area contributed by atoms with Crippen LogP contribution in [0.4, 0.5) is 0 Å². The van der Waals surface area contributed by atoms with Crippen molar-refractivity contribution in [3.63, 3.8) is 0 Å². The molecule has 0 bridgehead atoms. The quantitative estimate of drug-likeness (QED) is 0.136. The largest absolute Gasteiger partial charge is 0.455 e. The van der Waals surface area contributed by atoms with Crippen molar-refractivity contribution >= 4 is 43.9 Å². The molecule has 1 aliphatic rings. The minimum atomic E-state index is 0.854. The summed E-state index contributed by atoms with van der Waals surface area (Å²) in [5.41, 5.74) is 31.6. The summed E-state index contributed by atoms with van der Waals surface area (Å²) in [6.45, 7) is 0. The number of hydrogen-bond acceptors (Lipinski definition) is 2. The lowest BCUT2D eigenvalue weighted by Gasteiger charge is -2.12. The van der Waals surface area contributed by atoms with E-state index in [0.29, 0.717) is 0 Å². The molecule has 2 aromatic heterocycles. The summed E-state index contributed by atoms with van der Waals surface area (Å²) in [6, 6.07) is 115. The maximum Gasteiger partial charge on any atom is 0.143 e. The summed E-state index contributed by atoms with van der Waals surface area (Å²) in [6.07, 6.45) is 0.854. The Morgan fingerprint density at radius 1 is 0.172 bits per heavy atom. The smallest absolute Gasteiger partial charge is 0.143 e. The van der Waals surface area contributed by atoms with Gasteiger partial charge in [-0.3, -0.25) is 0 Å². The highest BCUT2D eigenvalue weighted by atomic mass is 16.3. The molecule has 16 aromatic rings. The molecule has 14 aromatic carbocycles. The van der Waals surface area contributed by atoms with Crippen molar-refractivity contribution in [2.45, 2.75) is 6.42 Å². The minimum Gasteiger partial charge on any atom is -0.455 e. The molecule has 0 saturated carbocycles. The van der Waals surface area contributed by atoms with Crippen LogP contribution in [0.2, 0.25) is 0 Å². The maximum atomic E-state index is 7.06. The van der Waals surface area contributed by atoms with E-state index in [-0.39, 0.29) is 0 Å². The fourth-order valence-electron chi connectivity index (χ4n) is 13.4. The van der Waals surface area contributed by atoms with Crippen molar-refractivity contribution in [2.75, 3.05) is 0 Å². The van der Waals surface area contributed by atoms with Crippen LogP contribution in [0.5, 0.6) is 0 Å². The summed E-state index contributed by atoms with van der Waals surface area (Å²) >= 11 is 0. The summed E-state index contributed by atoms with van der Waals surface area (Å²) in [5, 5.41) is 4.35. The van der Waals surface area contributed by atoms with E-state index in [1.165, 1.54) is 66.8 Å². The molecule has 87 heavy (non-hydrogen) atoms. The van der Waals surface area contributed by atoms with Gasteiger partial charge in [0.15, 0.2) is 0 Å². The van der Waals surface area contributed by atoms with Crippen molar-refractivity contribution in [1.82, 2.24) is 0 Å². The number of hydrogen-bond donors (Lipinski definition) is 0. The molecule has 1 aliphatic carbocycles. The molecule has 0 N–H and O–H groups in total. The van der Waals surface area contributed by atoms with Crippen molar-refractivity contribution in [2.24, 2.45) is 0 Å². The third-order valence-corrected chi connectivity index (χ3v) is 17.9. The van der Waals surface area contributed by atoms with Crippen LogP contribution in [0.15, 0.2) is 324 Å². The molecule has 0 spiro atoms. The predicted molar refractivity (Wildman–Crippen MR) is 364 cm³/mol. The standard InChI is InChI=1S/C85H54O2/c1-5-17-54(18-6-1)58-25-13-29-62(41-58)66-37-39-82-78(46-66)80-52-72(64-31-15-27-60(43-64)56-21-9-3-10-22-56)50-76(84(80)86-82)70-35-33-68-45-69-34-36-71(49-75(69)74(68)48-70)77-51-73(65-32-16-28-61(44-65)57-23-11-4-12-24-57)53-81-79-47-67(38-40-83(79)87-85(77)81)63-30-14-26-59(42-63)55-19-7-2-8-20-55/h1-44,46-53H,45H2. The van der Waals surface area contributed by atoms with E-state index < -0.39 is 0 Å². The molecule has 0 fully saturated rings. The van der Waals surface area contributed by atoms with Gasteiger partial charge in [-0.2, -0.15) is 0 Å². The third-order valence-electron chi connectivity index (χ3n) is 17.9. The van der Waals surface area contributed by atoms with Gasteiger partial charge in [0.25, 0.3) is 0 Å². The molecule has 17 rings (SSSR count). The highest BCUT2D eigenvalue weighted by molar-refractivity contribution is 6.14. The molecule has 0 saturated heterocycles. The first-order valence-corrected chi connectivity index (χ1v) is 30.0. The number of fused-ring (bicyclic) bond motifs is 9. The van der Waals surface area contributed by atoms with Gasteiger partial charge in [0.05, 0.1) is 0 Å². The zero-order chi connectivity index (χ0) is 57.4. The Bertz CT molecular complexity index is 5000. The van der Waals surface area contributed by atoms with Crippen LogP contribution >= 0.6 is 0 Å². The predicted octanol–water partition coefficient (Wildman–Crippen LogP) is 23.7. The van der Waals surface area contributed by atoms with Gasteiger partial charge in [-0.1, -0.05) is 231 Å². The highest BCUT2D eigenvalue weighted by Crippen LogP contribution is 2.48. The molecule has 0 unspecified atom stereocenters. The average molecular weight is 1110 g/mol. The summed E-state index contributed by atoms with van der Waals surface area (Å²) < 4.78 is 14.1. The Labute approximate surface area is 505 Å². The first-order chi connectivity index (χ1) is 43.0. The lowest BCUT2D eigenvalue weighted by atomic mass is 9.91. The van der Waals surface area contributed by atoms with E-state index in [0.717, 1.165) is 117 Å². The SMILES string of the molecule is c1ccc(-c2cccc(-c3ccc4oc5c(-c6ccc7c(c6)-c6cc(-c8cc(-c9cccc(-c%10ccccc%10)c9)cc9c8oc8ccc(-c%10cccc(-c%11ccccc%11)c%10)cc89)ccc6C7)cc(-c6cccc(-c7ccccc7)c6)cc5c4c3)c2)cc1. The third kappa shape index (κ3) is 9.06. The maximum absolute atomic E-state index is 7.06. The van der Waals surface area contributed by atoms with Gasteiger partial charge in [-0.15, -0.1) is 0 Å². The van der Waals surface area contributed by atoms with Crippen molar-refractivity contribution in [3.05, 3.63) is 327 Å². The van der Waals surface area contributed by atoms with Gasteiger partial charge in [-0.05, 0) is 214 Å². The van der Waals surface area contributed by atoms with Gasteiger partial charge in [0.1, 0.15) is 22.3 Å². The van der Waals surface area contributed by atoms with Gasteiger partial charge < -0.3 is 8.83 Å². The second kappa shape index (κ2) is 20.8. The van der Waals surface area contributed by atoms with Gasteiger partial charge in [0, 0.05) is 32.7 Å². The first kappa shape index (κ1) is 50.2. The van der Waals surface area contributed by atoms with E-state index in [1.54, 1.807) is 0 Å². The van der Waals surface area contributed by atoms with E-state index in [1.807, 2.05) is 0 Å². The monoisotopic (exact) mass is 1110 g/mol. The van der Waals surface area contributed by atoms with Crippen LogP contribution in [0.3, 0.4) is 0 Å². The van der Waals surface area contributed by atoms with Crippen molar-refractivity contribution in [3.8, 4) is 122 Å². The Morgan fingerprint density at radius 3 is 0.782 bits per heavy atom. The molecule has 0 amide bonds. The fourth-order valence-corrected chi connectivity index (χ4v) is 13.4. The van der Waals surface area contributed by atoms with Gasteiger partial charge >= 0.3 is 0 Å². The fraction of sp³-hybridized carbons (Fsp3) is 0.0118. The van der Waals surface area contributed by atoms with E-state index in [4.69, 9.17) is 8.83 Å². The lowest BCUT2D eigenvalue weighted by Crippen LogP contribution is -1.88. The van der Waals surface area contributed by atoms with Crippen molar-refractivity contribution in [1.29, 1.82) is 0 Å².